The van der Waals surface area contributed by atoms with Gasteiger partial charge in [-0.2, -0.15) is 0 Å². The fourth-order valence-electron chi connectivity index (χ4n) is 7.50. The zero-order valence-corrected chi connectivity index (χ0v) is 36.4. The van der Waals surface area contributed by atoms with Gasteiger partial charge in [0.25, 0.3) is 0 Å². The van der Waals surface area contributed by atoms with Crippen LogP contribution < -0.4 is 20.4 Å². The fourth-order valence-corrected chi connectivity index (χ4v) is 7.50. The molecule has 0 saturated carbocycles. The number of rotatable bonds is 10. The van der Waals surface area contributed by atoms with E-state index < -0.39 is 0 Å². The highest BCUT2D eigenvalue weighted by molar-refractivity contribution is 5.78. The van der Waals surface area contributed by atoms with Crippen molar-refractivity contribution in [2.24, 2.45) is 5.92 Å². The smallest absolute Gasteiger partial charge is 0.0483 e. The molecule has 0 fully saturated rings. The molecule has 2 aliphatic rings. The highest BCUT2D eigenvalue weighted by atomic mass is 15.2. The Morgan fingerprint density at radius 2 is 0.952 bits per heavy atom. The molecule has 0 saturated heterocycles. The zero-order valence-electron chi connectivity index (χ0n) is 36.4. The lowest BCUT2D eigenvalue weighted by atomic mass is 10.0. The van der Waals surface area contributed by atoms with Crippen LogP contribution in [0, 0.1) is 26.7 Å². The second-order valence-electron chi connectivity index (χ2n) is 15.9. The molecule has 0 spiro atoms. The molecular weight excluding hydrogens is 753 g/mol. The third kappa shape index (κ3) is 12.4. The van der Waals surface area contributed by atoms with Crippen LogP contribution in [0.1, 0.15) is 36.5 Å². The molecule has 2 atom stereocenters. The first-order chi connectivity index (χ1) is 30.4. The van der Waals surface area contributed by atoms with Crippen LogP contribution in [-0.2, 0) is 0 Å². The number of anilines is 8. The lowest BCUT2D eigenvalue weighted by Gasteiger charge is -2.29. The monoisotopic (exact) mass is 810 g/mol. The molecule has 0 bridgehead atoms. The molecule has 310 valence electrons. The number of benzene rings is 7. The Balaban J connectivity index is 0.000000224. The van der Waals surface area contributed by atoms with E-state index in [1.54, 1.807) is 0 Å². The summed E-state index contributed by atoms with van der Waals surface area (Å²) in [5.41, 5.74) is 14.1. The van der Waals surface area contributed by atoms with Gasteiger partial charge in [0.2, 0.25) is 0 Å². The van der Waals surface area contributed by atoms with Crippen LogP contribution in [0.5, 0.6) is 0 Å². The molecule has 2 N–H and O–H groups in total. The van der Waals surface area contributed by atoms with Crippen molar-refractivity contribution in [2.75, 3.05) is 20.4 Å². The van der Waals surface area contributed by atoms with E-state index in [1.807, 2.05) is 18.2 Å². The molecule has 4 heteroatoms. The van der Waals surface area contributed by atoms with Gasteiger partial charge in [-0.15, -0.1) is 0 Å². The van der Waals surface area contributed by atoms with E-state index >= 15 is 0 Å². The Bertz CT molecular complexity index is 2570. The number of nitrogens with one attached hydrogen (secondary N) is 2. The number of hydrogen-bond acceptors (Lipinski definition) is 4. The van der Waals surface area contributed by atoms with Gasteiger partial charge in [-0.3, -0.25) is 0 Å². The summed E-state index contributed by atoms with van der Waals surface area (Å²) in [4.78, 5) is 4.63. The molecule has 7 aromatic carbocycles. The van der Waals surface area contributed by atoms with Crippen molar-refractivity contribution in [3.05, 3.63) is 253 Å². The topological polar surface area (TPSA) is 30.5 Å². The molecule has 7 aromatic rings. The zero-order chi connectivity index (χ0) is 42.9. The summed E-state index contributed by atoms with van der Waals surface area (Å²) in [5, 5.41) is 7.06. The van der Waals surface area contributed by atoms with E-state index in [-0.39, 0.29) is 6.04 Å². The standard InChI is InChI=1S/C38H35N3.C13H13N.C7H10/c1-29-11-9-17-37(27-29)40(33-13-5-3-6-14-33)35-23-19-31(20-24-35)39-32-21-25-36(26-22-32)41(34-15-7-4-8-16-34)38-18-10-12-30(2)28-38;1-11-6-5-9-13(10-11)14-12-7-3-2-4-8-12;1-7-5-3-2-4-6-7/h3-21,23-28,32,39H,22H2,1-2H3;2-10,14H,1H3;2-5,7H,6H2,1H3. The van der Waals surface area contributed by atoms with Crippen LogP contribution in [-0.4, -0.2) is 6.04 Å². The number of allylic oxidation sites excluding steroid dienone is 5. The first-order valence-electron chi connectivity index (χ1n) is 21.7. The predicted octanol–water partition coefficient (Wildman–Crippen LogP) is 16.1. The van der Waals surface area contributed by atoms with Crippen molar-refractivity contribution < 1.29 is 0 Å². The van der Waals surface area contributed by atoms with Gasteiger partial charge < -0.3 is 20.4 Å². The van der Waals surface area contributed by atoms with Gasteiger partial charge in [-0.25, -0.2) is 0 Å². The van der Waals surface area contributed by atoms with Crippen LogP contribution in [0.2, 0.25) is 0 Å². The van der Waals surface area contributed by atoms with E-state index in [9.17, 15) is 0 Å². The van der Waals surface area contributed by atoms with Gasteiger partial charge in [0.05, 0.1) is 0 Å². The van der Waals surface area contributed by atoms with Gasteiger partial charge in [0, 0.05) is 57.2 Å². The maximum Gasteiger partial charge on any atom is 0.0483 e. The summed E-state index contributed by atoms with van der Waals surface area (Å²) in [7, 11) is 0. The van der Waals surface area contributed by atoms with E-state index in [0.29, 0.717) is 0 Å². The van der Waals surface area contributed by atoms with Crippen LogP contribution in [0.25, 0.3) is 0 Å². The summed E-state index contributed by atoms with van der Waals surface area (Å²) in [6.07, 6.45) is 17.6. The average Bonchev–Trinajstić information content (AvgIpc) is 3.30. The average molecular weight is 811 g/mol. The van der Waals surface area contributed by atoms with Crippen LogP contribution in [0.15, 0.2) is 236 Å². The number of nitrogens with zero attached hydrogens (tertiary/aromatic N) is 2. The van der Waals surface area contributed by atoms with Crippen LogP contribution in [0.4, 0.5) is 45.5 Å². The van der Waals surface area contributed by atoms with Crippen molar-refractivity contribution in [2.45, 2.75) is 46.6 Å². The van der Waals surface area contributed by atoms with Gasteiger partial charge in [-0.1, -0.05) is 134 Å². The normalized spacial score (nSPS) is 14.9. The first-order valence-corrected chi connectivity index (χ1v) is 21.7. The second kappa shape index (κ2) is 21.8. The van der Waals surface area contributed by atoms with Crippen molar-refractivity contribution >= 4 is 45.5 Å². The predicted molar refractivity (Wildman–Crippen MR) is 268 cm³/mol. The van der Waals surface area contributed by atoms with E-state index in [0.717, 1.165) is 52.2 Å². The molecule has 2 aliphatic carbocycles. The van der Waals surface area contributed by atoms with Gasteiger partial charge in [-0.05, 0) is 159 Å². The Hall–Kier alpha value is -7.30. The lowest BCUT2D eigenvalue weighted by Crippen LogP contribution is -2.22. The first kappa shape index (κ1) is 42.8. The van der Waals surface area contributed by atoms with E-state index in [4.69, 9.17) is 0 Å². The van der Waals surface area contributed by atoms with E-state index in [2.05, 4.69) is 261 Å². The maximum absolute atomic E-state index is 3.72. The van der Waals surface area contributed by atoms with Gasteiger partial charge >= 0.3 is 0 Å². The third-order valence-corrected chi connectivity index (χ3v) is 10.6. The van der Waals surface area contributed by atoms with Crippen molar-refractivity contribution in [3.63, 3.8) is 0 Å². The quantitative estimate of drug-likeness (QED) is 0.144. The molecule has 0 radical (unpaired) electrons. The summed E-state index contributed by atoms with van der Waals surface area (Å²) in [5.74, 6) is 0.769. The molecule has 9 rings (SSSR count). The summed E-state index contributed by atoms with van der Waals surface area (Å²) < 4.78 is 0. The van der Waals surface area contributed by atoms with Gasteiger partial charge in [0.15, 0.2) is 0 Å². The summed E-state index contributed by atoms with van der Waals surface area (Å²) in [6, 6.07) is 66.0. The highest BCUT2D eigenvalue weighted by Crippen LogP contribution is 2.36. The molecule has 62 heavy (non-hydrogen) atoms. The van der Waals surface area contributed by atoms with Crippen LogP contribution >= 0.6 is 0 Å². The van der Waals surface area contributed by atoms with Crippen molar-refractivity contribution in [3.8, 4) is 0 Å². The molecule has 0 aliphatic heterocycles. The second-order valence-corrected chi connectivity index (χ2v) is 15.9. The van der Waals surface area contributed by atoms with Crippen LogP contribution in [0.3, 0.4) is 0 Å². The Morgan fingerprint density at radius 3 is 1.47 bits per heavy atom. The Labute approximate surface area is 369 Å². The highest BCUT2D eigenvalue weighted by Gasteiger charge is 2.18. The maximum atomic E-state index is 3.72. The molecule has 0 heterocycles. The molecule has 0 amide bonds. The lowest BCUT2D eigenvalue weighted by molar-refractivity contribution is 0.737. The summed E-state index contributed by atoms with van der Waals surface area (Å²) >= 11 is 0. The molecular formula is C58H58N4. The minimum atomic E-state index is 0.224. The Morgan fingerprint density at radius 1 is 0.435 bits per heavy atom. The molecule has 4 nitrogen and oxygen atoms in total. The van der Waals surface area contributed by atoms with Crippen molar-refractivity contribution in [1.82, 2.24) is 0 Å². The number of hydrogen-bond donors (Lipinski definition) is 2. The largest absolute Gasteiger partial charge is 0.379 e. The third-order valence-electron chi connectivity index (χ3n) is 10.6. The number of para-hydroxylation sites is 3. The Kier molecular flexibility index (Phi) is 15.1. The molecule has 0 aromatic heterocycles. The fraction of sp³-hybridized carbons (Fsp3) is 0.138. The minimum Gasteiger partial charge on any atom is -0.379 e. The number of aryl methyl sites for hydroxylation is 3. The van der Waals surface area contributed by atoms with E-state index in [1.165, 1.54) is 34.5 Å². The van der Waals surface area contributed by atoms with Crippen molar-refractivity contribution in [1.29, 1.82) is 0 Å². The summed E-state index contributed by atoms with van der Waals surface area (Å²) in [6.45, 7) is 8.59. The molecule has 2 unspecified atom stereocenters. The van der Waals surface area contributed by atoms with Gasteiger partial charge in [0.1, 0.15) is 0 Å². The minimum absolute atomic E-state index is 0.224. The SMILES string of the molecule is CC1C=CC=CC1.Cc1cccc(N(C2=CCC(Nc3ccc(N(c4ccccc4)c4cccc(C)c4)cc3)C=C2)c2ccccc2)c1.Cc1cccc(Nc2ccccc2)c1.